The molecule has 6 nitrogen and oxygen atoms in total. The van der Waals surface area contributed by atoms with E-state index >= 15 is 0 Å². The maximum absolute atomic E-state index is 13.5. The SMILES string of the molecule is [3H][C@H]1C[C@H](CP(=O)(OCC)C(C)(C)O)[C@@H](CO[Si](OC)(c2ccccc2)c2ccccc2)O1. The smallest absolute Gasteiger partial charge is 0.391 e. The van der Waals surface area contributed by atoms with Crippen molar-refractivity contribution in [2.75, 3.05) is 33.1 Å². The van der Waals surface area contributed by atoms with E-state index in [9.17, 15) is 9.67 Å². The second-order valence-corrected chi connectivity index (χ2v) is 14.6. The summed E-state index contributed by atoms with van der Waals surface area (Å²) in [5, 5.41) is 11.0. The van der Waals surface area contributed by atoms with Crippen LogP contribution in [0.15, 0.2) is 60.7 Å². The van der Waals surface area contributed by atoms with Gasteiger partial charge >= 0.3 is 8.56 Å². The second-order valence-electron chi connectivity index (χ2n) is 8.47. The zero-order chi connectivity index (χ0) is 24.1. The molecular weight excluding hydrogens is 443 g/mol. The van der Waals surface area contributed by atoms with E-state index in [1.54, 1.807) is 14.0 Å². The van der Waals surface area contributed by atoms with E-state index in [-0.39, 0.29) is 25.3 Å². The van der Waals surface area contributed by atoms with Crippen LogP contribution in [0.1, 0.15) is 28.6 Å². The lowest BCUT2D eigenvalue weighted by Crippen LogP contribution is -2.63. The molecule has 1 unspecified atom stereocenters. The minimum atomic E-state index is -3.39. The third-order valence-electron chi connectivity index (χ3n) is 5.89. The Morgan fingerprint density at radius 3 is 2.19 bits per heavy atom. The topological polar surface area (TPSA) is 74.2 Å². The highest BCUT2D eigenvalue weighted by molar-refractivity contribution is 7.60. The van der Waals surface area contributed by atoms with E-state index in [2.05, 4.69) is 0 Å². The lowest BCUT2D eigenvalue weighted by atomic mass is 10.1. The molecule has 3 rings (SSSR count). The van der Waals surface area contributed by atoms with Crippen LogP contribution in [0, 0.1) is 5.92 Å². The fourth-order valence-corrected chi connectivity index (χ4v) is 9.23. The van der Waals surface area contributed by atoms with E-state index in [4.69, 9.17) is 19.5 Å². The molecule has 176 valence electrons. The Hall–Kier alpha value is -1.31. The van der Waals surface area contributed by atoms with Crippen LogP contribution in [0.3, 0.4) is 0 Å². The molecule has 1 N–H and O–H groups in total. The van der Waals surface area contributed by atoms with E-state index in [0.29, 0.717) is 6.42 Å². The van der Waals surface area contributed by atoms with Crippen LogP contribution < -0.4 is 10.4 Å². The van der Waals surface area contributed by atoms with Crippen molar-refractivity contribution >= 4 is 26.3 Å². The molecule has 1 fully saturated rings. The van der Waals surface area contributed by atoms with Crippen LogP contribution in [0.2, 0.25) is 0 Å². The average Bonchev–Trinajstić information content (AvgIpc) is 3.14. The van der Waals surface area contributed by atoms with Gasteiger partial charge in [-0.2, -0.15) is 0 Å². The summed E-state index contributed by atoms with van der Waals surface area (Å²) >= 11 is 0. The van der Waals surface area contributed by atoms with E-state index in [1.807, 2.05) is 60.7 Å². The molecule has 1 aliphatic heterocycles. The van der Waals surface area contributed by atoms with Gasteiger partial charge in [-0.3, -0.25) is 4.57 Å². The fraction of sp³-hybridized carbons (Fsp3) is 0.500. The standard InChI is InChI=1S/C24H35O6PSi/c1-5-29-31(26,24(2,3)25)19-20-16-17-28-23(20)18-30-32(27-4,21-12-8-6-9-13-21)22-14-10-7-11-15-22/h6-15,20,23,25H,5,16-19H2,1-4H3/t20-,23-,31?/m1/s1/i17T/t17-,20+,23+,31?/m0. The first-order valence-electron chi connectivity index (χ1n) is 11.6. The second kappa shape index (κ2) is 10.7. The lowest BCUT2D eigenvalue weighted by molar-refractivity contribution is 0.0406. The molecule has 0 spiro atoms. The summed E-state index contributed by atoms with van der Waals surface area (Å²) < 4.78 is 45.8. The van der Waals surface area contributed by atoms with E-state index in [1.165, 1.54) is 13.8 Å². The molecular formula is C24H35O6PSi. The van der Waals surface area contributed by atoms with Crippen molar-refractivity contribution in [1.29, 1.82) is 0 Å². The summed E-state index contributed by atoms with van der Waals surface area (Å²) in [7, 11) is -4.77. The van der Waals surface area contributed by atoms with Gasteiger partial charge in [0.15, 0.2) is 0 Å². The van der Waals surface area contributed by atoms with E-state index < -0.39 is 34.0 Å². The molecule has 2 aromatic carbocycles. The van der Waals surface area contributed by atoms with Crippen molar-refractivity contribution in [2.45, 2.75) is 38.6 Å². The molecule has 0 aliphatic carbocycles. The third kappa shape index (κ3) is 5.42. The molecule has 4 atom stereocenters. The van der Waals surface area contributed by atoms with Crippen molar-refractivity contribution in [1.82, 2.24) is 0 Å². The molecule has 1 saturated heterocycles. The van der Waals surface area contributed by atoms with Crippen molar-refractivity contribution < 1.29 is 29.2 Å². The normalized spacial score (nSPS) is 24.2. The molecule has 0 aromatic heterocycles. The van der Waals surface area contributed by atoms with Gasteiger partial charge in [0.1, 0.15) is 5.34 Å². The van der Waals surface area contributed by atoms with Gasteiger partial charge in [0.05, 0.1) is 20.7 Å². The molecule has 32 heavy (non-hydrogen) atoms. The van der Waals surface area contributed by atoms with Gasteiger partial charge in [-0.1, -0.05) is 60.7 Å². The van der Waals surface area contributed by atoms with Crippen molar-refractivity contribution in [3.8, 4) is 0 Å². The molecule has 8 heteroatoms. The Morgan fingerprint density at radius 2 is 1.72 bits per heavy atom. The highest BCUT2D eigenvalue weighted by Crippen LogP contribution is 2.59. The monoisotopic (exact) mass is 480 g/mol. The fourth-order valence-electron chi connectivity index (χ4n) is 4.03. The predicted molar refractivity (Wildman–Crippen MR) is 129 cm³/mol. The van der Waals surface area contributed by atoms with Crippen molar-refractivity contribution in [3.63, 3.8) is 0 Å². The quantitative estimate of drug-likeness (QED) is 0.393. The largest absolute Gasteiger partial charge is 0.406 e. The van der Waals surface area contributed by atoms with Gasteiger partial charge in [0.2, 0.25) is 7.37 Å². The Labute approximate surface area is 194 Å². The highest BCUT2D eigenvalue weighted by atomic mass is 31.2. The Kier molecular flexibility index (Phi) is 8.00. The highest BCUT2D eigenvalue weighted by Gasteiger charge is 2.47. The van der Waals surface area contributed by atoms with Gasteiger partial charge in [-0.15, -0.1) is 0 Å². The summed E-state index contributed by atoms with van der Waals surface area (Å²) in [4.78, 5) is 0. The molecule has 1 heterocycles. The zero-order valence-electron chi connectivity index (χ0n) is 20.3. The molecule has 2 aromatic rings. The average molecular weight is 481 g/mol. The first kappa shape index (κ1) is 23.8. The molecule has 0 amide bonds. The number of rotatable bonds is 11. The minimum Gasteiger partial charge on any atom is -0.391 e. The minimum absolute atomic E-state index is 0.131. The van der Waals surface area contributed by atoms with Gasteiger partial charge in [0, 0.05) is 19.9 Å². The molecule has 0 radical (unpaired) electrons. The number of aliphatic hydroxyl groups is 1. The van der Waals surface area contributed by atoms with Crippen LogP contribution in [-0.2, 0) is 22.7 Å². The Bertz CT molecular complexity index is 884. The molecule has 1 aliphatic rings. The summed E-state index contributed by atoms with van der Waals surface area (Å²) in [6.45, 7) is 4.46. The Balaban J connectivity index is 1.87. The molecule has 0 saturated carbocycles. The summed E-state index contributed by atoms with van der Waals surface area (Å²) in [6.07, 6.45) is 0.0730. The summed E-state index contributed by atoms with van der Waals surface area (Å²) in [5.41, 5.74) is 0. The van der Waals surface area contributed by atoms with Crippen LogP contribution in [0.4, 0.5) is 0 Å². The maximum atomic E-state index is 13.5. The summed E-state index contributed by atoms with van der Waals surface area (Å²) in [6, 6.07) is 19.7. The third-order valence-corrected chi connectivity index (χ3v) is 12.5. The van der Waals surface area contributed by atoms with Crippen molar-refractivity contribution in [3.05, 3.63) is 60.7 Å². The Morgan fingerprint density at radius 1 is 1.16 bits per heavy atom. The van der Waals surface area contributed by atoms with Crippen LogP contribution in [0.25, 0.3) is 0 Å². The molecule has 0 bridgehead atoms. The number of hydrogen-bond donors (Lipinski definition) is 1. The summed E-state index contributed by atoms with van der Waals surface area (Å²) in [5.74, 6) is -0.244. The van der Waals surface area contributed by atoms with Crippen LogP contribution in [-0.4, -0.2) is 58.2 Å². The first-order chi connectivity index (χ1) is 15.6. The van der Waals surface area contributed by atoms with Crippen molar-refractivity contribution in [2.24, 2.45) is 5.92 Å². The number of hydrogen-bond acceptors (Lipinski definition) is 6. The predicted octanol–water partition coefficient (Wildman–Crippen LogP) is 3.35. The van der Waals surface area contributed by atoms with Gasteiger partial charge in [-0.25, -0.2) is 0 Å². The van der Waals surface area contributed by atoms with E-state index in [0.717, 1.165) is 10.4 Å². The van der Waals surface area contributed by atoms with Crippen LogP contribution >= 0.6 is 7.37 Å². The first-order valence-corrected chi connectivity index (χ1v) is 14.6. The lowest BCUT2D eigenvalue weighted by Gasteiger charge is -2.34. The van der Waals surface area contributed by atoms with Gasteiger partial charge in [-0.05, 0) is 43.5 Å². The zero-order valence-corrected chi connectivity index (χ0v) is 21.2. The maximum Gasteiger partial charge on any atom is 0.406 e. The number of benzene rings is 2. The van der Waals surface area contributed by atoms with Crippen LogP contribution in [0.5, 0.6) is 0 Å². The van der Waals surface area contributed by atoms with Gasteiger partial charge in [0.25, 0.3) is 0 Å². The number of ether oxygens (including phenoxy) is 1. The van der Waals surface area contributed by atoms with Gasteiger partial charge < -0.3 is 23.2 Å².